The molecule has 0 aliphatic carbocycles. The molecule has 1 atom stereocenters. The number of allylic oxidation sites excluding steroid dienone is 2. The molecule has 1 nitrogen and oxygen atoms in total. The predicted octanol–water partition coefficient (Wildman–Crippen LogP) is 2.77. The van der Waals surface area contributed by atoms with Gasteiger partial charge in [0, 0.05) is 7.11 Å². The average Bonchev–Trinajstić information content (AvgIpc) is 1.87. The fourth-order valence-electron chi connectivity index (χ4n) is 0.725. The third-order valence-corrected chi connectivity index (χ3v) is 1.53. The quantitative estimate of drug-likeness (QED) is 0.548. The SMILES string of the molecule is CO[C@H](C)CCC=C(C)C. The summed E-state index contributed by atoms with van der Waals surface area (Å²) >= 11 is 0. The van der Waals surface area contributed by atoms with E-state index < -0.39 is 0 Å². The van der Waals surface area contributed by atoms with E-state index in [0.29, 0.717) is 6.10 Å². The van der Waals surface area contributed by atoms with Crippen LogP contribution in [-0.2, 0) is 4.74 Å². The number of methoxy groups -OCH3 is 1. The van der Waals surface area contributed by atoms with E-state index in [0.717, 1.165) is 12.8 Å². The Labute approximate surface area is 64.1 Å². The summed E-state index contributed by atoms with van der Waals surface area (Å²) in [6, 6.07) is 0. The zero-order valence-electron chi connectivity index (χ0n) is 7.48. The second kappa shape index (κ2) is 5.48. The molecule has 0 N–H and O–H groups in total. The Morgan fingerprint density at radius 2 is 2.10 bits per heavy atom. The lowest BCUT2D eigenvalue weighted by Gasteiger charge is -2.05. The van der Waals surface area contributed by atoms with Crippen LogP contribution in [0.4, 0.5) is 0 Å². The van der Waals surface area contributed by atoms with Gasteiger partial charge in [-0.2, -0.15) is 0 Å². The minimum absolute atomic E-state index is 0.399. The molecule has 0 spiro atoms. The maximum absolute atomic E-state index is 5.10. The third kappa shape index (κ3) is 5.83. The topological polar surface area (TPSA) is 9.23 Å². The van der Waals surface area contributed by atoms with Gasteiger partial charge in [0.25, 0.3) is 0 Å². The van der Waals surface area contributed by atoms with Crippen molar-refractivity contribution in [3.05, 3.63) is 11.6 Å². The fourth-order valence-corrected chi connectivity index (χ4v) is 0.725. The van der Waals surface area contributed by atoms with Crippen molar-refractivity contribution in [1.29, 1.82) is 0 Å². The van der Waals surface area contributed by atoms with Gasteiger partial charge in [0.05, 0.1) is 6.10 Å². The van der Waals surface area contributed by atoms with Crippen LogP contribution in [-0.4, -0.2) is 13.2 Å². The first kappa shape index (κ1) is 9.70. The van der Waals surface area contributed by atoms with Crippen LogP contribution < -0.4 is 0 Å². The Morgan fingerprint density at radius 1 is 1.50 bits per heavy atom. The molecule has 60 valence electrons. The van der Waals surface area contributed by atoms with Gasteiger partial charge in [-0.1, -0.05) is 11.6 Å². The average molecular weight is 142 g/mol. The molecular formula is C9H18O. The number of ether oxygens (including phenoxy) is 1. The molecule has 0 rings (SSSR count). The summed E-state index contributed by atoms with van der Waals surface area (Å²) < 4.78 is 5.10. The van der Waals surface area contributed by atoms with Crippen molar-refractivity contribution >= 4 is 0 Å². The lowest BCUT2D eigenvalue weighted by Crippen LogP contribution is -2.02. The Bertz CT molecular complexity index is 101. The van der Waals surface area contributed by atoms with Crippen LogP contribution in [0.5, 0.6) is 0 Å². The van der Waals surface area contributed by atoms with Crippen molar-refractivity contribution in [3.63, 3.8) is 0 Å². The first-order valence-electron chi connectivity index (χ1n) is 3.83. The smallest absolute Gasteiger partial charge is 0.0546 e. The van der Waals surface area contributed by atoms with E-state index in [2.05, 4.69) is 26.8 Å². The van der Waals surface area contributed by atoms with Gasteiger partial charge in [0.2, 0.25) is 0 Å². The van der Waals surface area contributed by atoms with Crippen LogP contribution in [0.2, 0.25) is 0 Å². The highest BCUT2D eigenvalue weighted by Gasteiger charge is 1.95. The van der Waals surface area contributed by atoms with E-state index in [1.165, 1.54) is 5.57 Å². The molecule has 0 saturated carbocycles. The van der Waals surface area contributed by atoms with Crippen LogP contribution in [0.25, 0.3) is 0 Å². The van der Waals surface area contributed by atoms with Crippen LogP contribution in [0, 0.1) is 0 Å². The molecule has 0 bridgehead atoms. The second-order valence-electron chi connectivity index (χ2n) is 2.91. The van der Waals surface area contributed by atoms with Gasteiger partial charge in [-0.05, 0) is 33.6 Å². The number of rotatable bonds is 4. The first-order valence-corrected chi connectivity index (χ1v) is 3.83. The highest BCUT2D eigenvalue weighted by Crippen LogP contribution is 2.02. The predicted molar refractivity (Wildman–Crippen MR) is 45.1 cm³/mol. The van der Waals surface area contributed by atoms with Gasteiger partial charge in [-0.15, -0.1) is 0 Å². The molecule has 0 fully saturated rings. The van der Waals surface area contributed by atoms with Crippen LogP contribution in [0.15, 0.2) is 11.6 Å². The minimum Gasteiger partial charge on any atom is -0.382 e. The molecule has 0 unspecified atom stereocenters. The Morgan fingerprint density at radius 3 is 2.50 bits per heavy atom. The van der Waals surface area contributed by atoms with Crippen LogP contribution >= 0.6 is 0 Å². The van der Waals surface area contributed by atoms with Crippen molar-refractivity contribution in [2.75, 3.05) is 7.11 Å². The second-order valence-corrected chi connectivity index (χ2v) is 2.91. The summed E-state index contributed by atoms with van der Waals surface area (Å²) in [5, 5.41) is 0. The molecule has 0 aliphatic rings. The number of hydrogen-bond acceptors (Lipinski definition) is 1. The first-order chi connectivity index (χ1) is 4.66. The molecule has 0 radical (unpaired) electrons. The van der Waals surface area contributed by atoms with Gasteiger partial charge in [0.1, 0.15) is 0 Å². The molecule has 1 heteroatoms. The summed E-state index contributed by atoms with van der Waals surface area (Å²) in [6.45, 7) is 6.34. The van der Waals surface area contributed by atoms with Crippen molar-refractivity contribution in [2.24, 2.45) is 0 Å². The molecule has 0 aromatic rings. The van der Waals surface area contributed by atoms with E-state index in [-0.39, 0.29) is 0 Å². The molecule has 0 aromatic heterocycles. The van der Waals surface area contributed by atoms with E-state index in [4.69, 9.17) is 4.74 Å². The minimum atomic E-state index is 0.399. The largest absolute Gasteiger partial charge is 0.382 e. The summed E-state index contributed by atoms with van der Waals surface area (Å²) in [5.74, 6) is 0. The molecule has 0 aliphatic heterocycles. The van der Waals surface area contributed by atoms with E-state index in [9.17, 15) is 0 Å². The van der Waals surface area contributed by atoms with Crippen molar-refractivity contribution in [2.45, 2.75) is 39.7 Å². The Balaban J connectivity index is 3.28. The highest BCUT2D eigenvalue weighted by molar-refractivity contribution is 4.92. The van der Waals surface area contributed by atoms with Crippen LogP contribution in [0.3, 0.4) is 0 Å². The maximum atomic E-state index is 5.10. The Hall–Kier alpha value is -0.300. The molecule has 0 heterocycles. The summed E-state index contributed by atoms with van der Waals surface area (Å²) in [7, 11) is 1.76. The van der Waals surface area contributed by atoms with E-state index in [1.807, 2.05) is 0 Å². The maximum Gasteiger partial charge on any atom is 0.0546 e. The van der Waals surface area contributed by atoms with Gasteiger partial charge < -0.3 is 4.74 Å². The van der Waals surface area contributed by atoms with Gasteiger partial charge in [-0.3, -0.25) is 0 Å². The van der Waals surface area contributed by atoms with Crippen LogP contribution in [0.1, 0.15) is 33.6 Å². The normalized spacial score (nSPS) is 12.8. The van der Waals surface area contributed by atoms with Gasteiger partial charge in [0.15, 0.2) is 0 Å². The zero-order chi connectivity index (χ0) is 7.98. The lowest BCUT2D eigenvalue weighted by atomic mass is 10.2. The summed E-state index contributed by atoms with van der Waals surface area (Å²) in [5.41, 5.74) is 1.39. The molecule has 0 saturated heterocycles. The van der Waals surface area contributed by atoms with Crippen molar-refractivity contribution < 1.29 is 4.74 Å². The standard InChI is InChI=1S/C9H18O/c1-8(2)6-5-7-9(3)10-4/h6,9H,5,7H2,1-4H3/t9-/m1/s1. The third-order valence-electron chi connectivity index (χ3n) is 1.53. The molecule has 0 aromatic carbocycles. The monoisotopic (exact) mass is 142 g/mol. The van der Waals surface area contributed by atoms with Gasteiger partial charge in [-0.25, -0.2) is 0 Å². The molecule has 10 heavy (non-hydrogen) atoms. The zero-order valence-corrected chi connectivity index (χ0v) is 7.48. The number of hydrogen-bond donors (Lipinski definition) is 0. The van der Waals surface area contributed by atoms with Crippen molar-refractivity contribution in [3.8, 4) is 0 Å². The molecule has 0 amide bonds. The summed E-state index contributed by atoms with van der Waals surface area (Å²) in [4.78, 5) is 0. The van der Waals surface area contributed by atoms with Crippen molar-refractivity contribution in [1.82, 2.24) is 0 Å². The van der Waals surface area contributed by atoms with E-state index in [1.54, 1.807) is 7.11 Å². The highest BCUT2D eigenvalue weighted by atomic mass is 16.5. The molecular weight excluding hydrogens is 124 g/mol. The van der Waals surface area contributed by atoms with Gasteiger partial charge >= 0.3 is 0 Å². The fraction of sp³-hybridized carbons (Fsp3) is 0.778. The van der Waals surface area contributed by atoms with E-state index >= 15 is 0 Å². The lowest BCUT2D eigenvalue weighted by molar-refractivity contribution is 0.112. The summed E-state index contributed by atoms with van der Waals surface area (Å²) in [6.07, 6.45) is 4.91. The Kier molecular flexibility index (Phi) is 5.32.